The van der Waals surface area contributed by atoms with Gasteiger partial charge >= 0.3 is 11.9 Å². The van der Waals surface area contributed by atoms with Gasteiger partial charge in [0.15, 0.2) is 0 Å². The molecule has 2 unspecified atom stereocenters. The van der Waals surface area contributed by atoms with E-state index < -0.39 is 11.9 Å². The summed E-state index contributed by atoms with van der Waals surface area (Å²) in [5, 5.41) is 0. The quantitative estimate of drug-likeness (QED) is 0.410. The zero-order valence-electron chi connectivity index (χ0n) is 17.0. The van der Waals surface area contributed by atoms with Gasteiger partial charge in [-0.05, 0) is 56.3 Å². The van der Waals surface area contributed by atoms with Gasteiger partial charge in [0.05, 0.1) is 11.8 Å². The summed E-state index contributed by atoms with van der Waals surface area (Å²) in [5.41, 5.74) is 0.886. The van der Waals surface area contributed by atoms with E-state index in [1.165, 1.54) is 12.7 Å². The molecule has 5 nitrogen and oxygen atoms in total. The van der Waals surface area contributed by atoms with Gasteiger partial charge in [-0.1, -0.05) is 27.2 Å². The Morgan fingerprint density at radius 3 is 2.52 bits per heavy atom. The van der Waals surface area contributed by atoms with E-state index in [1.807, 2.05) is 0 Å². The third kappa shape index (κ3) is 2.73. The molecule has 27 heavy (non-hydrogen) atoms. The summed E-state index contributed by atoms with van der Waals surface area (Å²) in [6, 6.07) is 0. The van der Waals surface area contributed by atoms with Crippen molar-refractivity contribution in [2.45, 2.75) is 78.6 Å². The van der Waals surface area contributed by atoms with Crippen molar-refractivity contribution in [2.75, 3.05) is 0 Å². The summed E-state index contributed by atoms with van der Waals surface area (Å²) in [4.78, 5) is 24.3. The topological polar surface area (TPSA) is 61.8 Å². The first-order valence-electron chi connectivity index (χ1n) is 10.1. The maximum Gasteiger partial charge on any atom is 0.338 e. The van der Waals surface area contributed by atoms with Crippen LogP contribution in [0.2, 0.25) is 0 Å². The molecule has 5 heteroatoms. The van der Waals surface area contributed by atoms with E-state index in [9.17, 15) is 9.59 Å². The molecule has 5 atom stereocenters. The summed E-state index contributed by atoms with van der Waals surface area (Å²) in [7, 11) is 0. The molecule has 0 aromatic carbocycles. The second kappa shape index (κ2) is 5.86. The minimum atomic E-state index is -0.764. The standard InChI is InChI=1S/C22H30O5/c1-13-11-16(26-18(13)23)25-12-14-17-21(4)9-6-8-20(2,3)15(21)7-10-22(17,5)27-19(14)24/h11-12,15-17H,6-10H2,1-5H3/t15?,16?,17-,21+,22-/m1/s1. The Balaban J connectivity index is 1.67. The fraction of sp³-hybridized carbons (Fsp3) is 0.727. The largest absolute Gasteiger partial charge is 0.458 e. The average Bonchev–Trinajstić information content (AvgIpc) is 3.00. The first kappa shape index (κ1) is 18.6. The van der Waals surface area contributed by atoms with Gasteiger partial charge in [0.2, 0.25) is 0 Å². The second-order valence-electron chi connectivity index (χ2n) is 9.91. The number of esters is 2. The van der Waals surface area contributed by atoms with Crippen LogP contribution in [0, 0.1) is 22.7 Å². The molecule has 2 heterocycles. The number of cyclic esters (lactones) is 1. The highest BCUT2D eigenvalue weighted by atomic mass is 16.7. The molecule has 2 aliphatic heterocycles. The fourth-order valence-electron chi connectivity index (χ4n) is 6.52. The lowest BCUT2D eigenvalue weighted by molar-refractivity contribution is -0.164. The molecule has 3 fully saturated rings. The van der Waals surface area contributed by atoms with E-state index in [0.717, 1.165) is 25.7 Å². The molecular formula is C22H30O5. The van der Waals surface area contributed by atoms with Crippen LogP contribution in [0.5, 0.6) is 0 Å². The molecule has 0 radical (unpaired) electrons. The summed E-state index contributed by atoms with van der Waals surface area (Å²) >= 11 is 0. The number of carbonyl (C=O) groups is 2. The first-order valence-corrected chi connectivity index (χ1v) is 10.1. The zero-order chi connectivity index (χ0) is 19.6. The third-order valence-corrected chi connectivity index (χ3v) is 7.61. The molecule has 148 valence electrons. The summed E-state index contributed by atoms with van der Waals surface area (Å²) in [6.45, 7) is 10.8. The highest BCUT2D eigenvalue weighted by Gasteiger charge is 2.65. The van der Waals surface area contributed by atoms with Gasteiger partial charge in [-0.15, -0.1) is 0 Å². The van der Waals surface area contributed by atoms with Crippen LogP contribution in [-0.4, -0.2) is 23.8 Å². The van der Waals surface area contributed by atoms with Crippen molar-refractivity contribution in [1.82, 2.24) is 0 Å². The zero-order valence-corrected chi connectivity index (χ0v) is 17.0. The SMILES string of the molecule is CC1=CC(OC=C2C(=O)O[C@]3(C)CCC4C(C)(C)CCC[C@]4(C)[C@@H]23)OC1=O. The van der Waals surface area contributed by atoms with Crippen LogP contribution >= 0.6 is 0 Å². The van der Waals surface area contributed by atoms with Crippen LogP contribution in [0.1, 0.15) is 66.7 Å². The Hall–Kier alpha value is -1.78. The molecule has 0 N–H and O–H groups in total. The normalized spacial score (nSPS) is 44.3. The maximum atomic E-state index is 12.8. The monoisotopic (exact) mass is 374 g/mol. The number of fused-ring (bicyclic) bond motifs is 3. The highest BCUT2D eigenvalue weighted by Crippen LogP contribution is 2.66. The molecule has 1 saturated heterocycles. The van der Waals surface area contributed by atoms with Crippen molar-refractivity contribution in [2.24, 2.45) is 22.7 Å². The molecule has 4 rings (SSSR count). The van der Waals surface area contributed by atoms with Crippen molar-refractivity contribution in [3.63, 3.8) is 0 Å². The second-order valence-corrected chi connectivity index (χ2v) is 9.91. The fourth-order valence-corrected chi connectivity index (χ4v) is 6.52. The lowest BCUT2D eigenvalue weighted by atomic mass is 9.45. The molecule has 0 bridgehead atoms. The van der Waals surface area contributed by atoms with Crippen molar-refractivity contribution >= 4 is 11.9 Å². The van der Waals surface area contributed by atoms with E-state index in [4.69, 9.17) is 14.2 Å². The van der Waals surface area contributed by atoms with Crippen LogP contribution in [-0.2, 0) is 23.8 Å². The van der Waals surface area contributed by atoms with Crippen LogP contribution in [0.15, 0.2) is 23.5 Å². The highest BCUT2D eigenvalue weighted by molar-refractivity contribution is 5.92. The number of hydrogen-bond acceptors (Lipinski definition) is 5. The Labute approximate surface area is 161 Å². The van der Waals surface area contributed by atoms with E-state index in [-0.39, 0.29) is 28.7 Å². The molecule has 0 aromatic heterocycles. The molecule has 0 aromatic rings. The van der Waals surface area contributed by atoms with Gasteiger partial charge in [-0.2, -0.15) is 0 Å². The van der Waals surface area contributed by atoms with Gasteiger partial charge in [0.1, 0.15) is 5.60 Å². The van der Waals surface area contributed by atoms with Crippen molar-refractivity contribution in [1.29, 1.82) is 0 Å². The molecule has 4 aliphatic rings. The minimum Gasteiger partial charge on any atom is -0.458 e. The predicted molar refractivity (Wildman–Crippen MR) is 99.3 cm³/mol. The van der Waals surface area contributed by atoms with Crippen LogP contribution in [0.4, 0.5) is 0 Å². The average molecular weight is 374 g/mol. The summed E-state index contributed by atoms with van der Waals surface area (Å²) in [5.74, 6) is -0.132. The summed E-state index contributed by atoms with van der Waals surface area (Å²) in [6.07, 6.45) is 7.81. The Morgan fingerprint density at radius 2 is 1.85 bits per heavy atom. The molecule has 0 amide bonds. The van der Waals surface area contributed by atoms with E-state index >= 15 is 0 Å². The molecule has 2 saturated carbocycles. The van der Waals surface area contributed by atoms with E-state index in [0.29, 0.717) is 17.1 Å². The van der Waals surface area contributed by atoms with Gasteiger partial charge in [0, 0.05) is 17.6 Å². The van der Waals surface area contributed by atoms with Gasteiger partial charge in [-0.25, -0.2) is 9.59 Å². The van der Waals surface area contributed by atoms with Crippen LogP contribution in [0.25, 0.3) is 0 Å². The number of ether oxygens (including phenoxy) is 3. The van der Waals surface area contributed by atoms with Crippen LogP contribution < -0.4 is 0 Å². The minimum absolute atomic E-state index is 0.00185. The lowest BCUT2D eigenvalue weighted by Gasteiger charge is -2.59. The Morgan fingerprint density at radius 1 is 1.11 bits per heavy atom. The number of hydrogen-bond donors (Lipinski definition) is 0. The van der Waals surface area contributed by atoms with Gasteiger partial charge in [-0.3, -0.25) is 0 Å². The van der Waals surface area contributed by atoms with Gasteiger partial charge in [0.25, 0.3) is 6.29 Å². The van der Waals surface area contributed by atoms with Crippen molar-refractivity contribution in [3.05, 3.63) is 23.5 Å². The molecule has 0 spiro atoms. The lowest BCUT2D eigenvalue weighted by Crippen LogP contribution is -2.56. The third-order valence-electron chi connectivity index (χ3n) is 7.61. The van der Waals surface area contributed by atoms with Crippen molar-refractivity contribution < 1.29 is 23.8 Å². The summed E-state index contributed by atoms with van der Waals surface area (Å²) < 4.78 is 16.7. The van der Waals surface area contributed by atoms with Crippen molar-refractivity contribution in [3.8, 4) is 0 Å². The van der Waals surface area contributed by atoms with E-state index in [1.54, 1.807) is 13.0 Å². The van der Waals surface area contributed by atoms with E-state index in [2.05, 4.69) is 27.7 Å². The molecular weight excluding hydrogens is 344 g/mol. The Bertz CT molecular complexity index is 748. The maximum absolute atomic E-state index is 12.8. The number of rotatable bonds is 2. The Kier molecular flexibility index (Phi) is 4.03. The predicted octanol–water partition coefficient (Wildman–Crippen LogP) is 4.27. The number of carbonyl (C=O) groups excluding carboxylic acids is 2. The van der Waals surface area contributed by atoms with Crippen LogP contribution in [0.3, 0.4) is 0 Å². The molecule has 2 aliphatic carbocycles. The smallest absolute Gasteiger partial charge is 0.338 e. The van der Waals surface area contributed by atoms with Gasteiger partial charge < -0.3 is 14.2 Å². The first-order chi connectivity index (χ1) is 12.6.